The molecule has 0 saturated carbocycles. The number of hydrogen-bond donors (Lipinski definition) is 0. The summed E-state index contributed by atoms with van der Waals surface area (Å²) >= 11 is 0. The third-order valence-electron chi connectivity index (χ3n) is 14.0. The van der Waals surface area contributed by atoms with Crippen LogP contribution in [0.3, 0.4) is 0 Å². The number of nitrogens with zero attached hydrogens (tertiary/aromatic N) is 2. The second kappa shape index (κ2) is 13.1. The fourth-order valence-corrected chi connectivity index (χ4v) is 11.2. The maximum atomic E-state index is 2.52. The summed E-state index contributed by atoms with van der Waals surface area (Å²) in [5.74, 6) is 0. The van der Waals surface area contributed by atoms with Gasteiger partial charge >= 0.3 is 0 Å². The van der Waals surface area contributed by atoms with E-state index >= 15 is 0 Å². The molecule has 0 saturated heterocycles. The van der Waals surface area contributed by atoms with Crippen LogP contribution in [0.2, 0.25) is 0 Å². The molecule has 1 aliphatic carbocycles. The Balaban J connectivity index is 0.901. The predicted octanol–water partition coefficient (Wildman–Crippen LogP) is 16.2. The van der Waals surface area contributed by atoms with Crippen LogP contribution in [0.1, 0.15) is 11.1 Å². The van der Waals surface area contributed by atoms with E-state index in [-0.39, 0.29) is 0 Å². The van der Waals surface area contributed by atoms with Crippen molar-refractivity contribution in [3.63, 3.8) is 0 Å². The molecule has 0 radical (unpaired) electrons. The highest BCUT2D eigenvalue weighted by Crippen LogP contribution is 2.47. The van der Waals surface area contributed by atoms with Crippen molar-refractivity contribution in [1.82, 2.24) is 9.13 Å². The van der Waals surface area contributed by atoms with E-state index in [0.29, 0.717) is 0 Å². The van der Waals surface area contributed by atoms with Crippen LogP contribution in [0.4, 0.5) is 0 Å². The first kappa shape index (κ1) is 34.5. The van der Waals surface area contributed by atoms with Gasteiger partial charge in [-0.1, -0.05) is 158 Å². The summed E-state index contributed by atoms with van der Waals surface area (Å²) in [7, 11) is 0. The molecule has 0 aliphatic heterocycles. The minimum Gasteiger partial charge on any atom is -0.309 e. The lowest BCUT2D eigenvalue weighted by Crippen LogP contribution is -1.99. The Morgan fingerprint density at radius 3 is 1.35 bits per heavy atom. The van der Waals surface area contributed by atoms with E-state index in [0.717, 1.165) is 6.42 Å². The van der Waals surface area contributed by atoms with Crippen molar-refractivity contribution in [2.24, 2.45) is 0 Å². The smallest absolute Gasteiger partial charge is 0.0541 e. The number of fused-ring (bicyclic) bond motifs is 15. The predicted molar refractivity (Wildman–Crippen MR) is 267 cm³/mol. The Labute approximate surface area is 364 Å². The van der Waals surface area contributed by atoms with Gasteiger partial charge < -0.3 is 9.13 Å². The van der Waals surface area contributed by atoms with Crippen molar-refractivity contribution in [3.05, 3.63) is 230 Å². The van der Waals surface area contributed by atoms with Gasteiger partial charge in [0.15, 0.2) is 0 Å². The molecule has 13 aromatic rings. The topological polar surface area (TPSA) is 9.86 Å². The maximum Gasteiger partial charge on any atom is 0.0541 e. The molecule has 0 atom stereocenters. The lowest BCUT2D eigenvalue weighted by Gasteiger charge is -2.14. The monoisotopic (exact) mass is 798 g/mol. The van der Waals surface area contributed by atoms with E-state index < -0.39 is 0 Å². The van der Waals surface area contributed by atoms with Gasteiger partial charge in [0.05, 0.1) is 27.8 Å². The van der Waals surface area contributed by atoms with Crippen molar-refractivity contribution in [2.75, 3.05) is 0 Å². The van der Waals surface area contributed by atoms with Crippen molar-refractivity contribution in [1.29, 1.82) is 0 Å². The van der Waals surface area contributed by atoms with Crippen LogP contribution in [0.15, 0.2) is 218 Å². The number of para-hydroxylation sites is 3. The summed E-state index contributed by atoms with van der Waals surface area (Å²) in [5.41, 5.74) is 17.8. The summed E-state index contributed by atoms with van der Waals surface area (Å²) in [4.78, 5) is 0. The Kier molecular flexibility index (Phi) is 7.20. The van der Waals surface area contributed by atoms with Gasteiger partial charge in [0, 0.05) is 33.7 Å². The quantitative estimate of drug-likeness (QED) is 0.157. The molecule has 1 aliphatic rings. The average molecular weight is 799 g/mol. The highest BCUT2D eigenvalue weighted by Gasteiger charge is 2.26. The molecular weight excluding hydrogens is 761 g/mol. The Morgan fingerprint density at radius 2 is 0.698 bits per heavy atom. The maximum absolute atomic E-state index is 2.52. The minimum absolute atomic E-state index is 0.871. The number of benzene rings is 11. The largest absolute Gasteiger partial charge is 0.309 e. The van der Waals surface area contributed by atoms with Crippen LogP contribution >= 0.6 is 0 Å². The first-order chi connectivity index (χ1) is 31.3. The Morgan fingerprint density at radius 1 is 0.254 bits per heavy atom. The van der Waals surface area contributed by atoms with E-state index in [1.54, 1.807) is 0 Å². The highest BCUT2D eigenvalue weighted by molar-refractivity contribution is 6.26. The first-order valence-corrected chi connectivity index (χ1v) is 22.0. The van der Waals surface area contributed by atoms with Crippen LogP contribution in [-0.4, -0.2) is 9.13 Å². The van der Waals surface area contributed by atoms with E-state index in [2.05, 4.69) is 228 Å². The third kappa shape index (κ3) is 4.95. The van der Waals surface area contributed by atoms with Gasteiger partial charge in [0.2, 0.25) is 0 Å². The lowest BCUT2D eigenvalue weighted by atomic mass is 9.90. The van der Waals surface area contributed by atoms with Gasteiger partial charge in [-0.05, 0) is 137 Å². The molecule has 0 amide bonds. The fourth-order valence-electron chi connectivity index (χ4n) is 11.2. The molecule has 14 rings (SSSR count). The molecule has 2 heteroatoms. The van der Waals surface area contributed by atoms with Crippen molar-refractivity contribution >= 4 is 75.9 Å². The molecule has 11 aromatic carbocycles. The number of rotatable bonds is 4. The average Bonchev–Trinajstić information content (AvgIpc) is 4.02. The molecular formula is C61H38N2. The Bertz CT molecular complexity index is 4020. The van der Waals surface area contributed by atoms with Gasteiger partial charge in [-0.25, -0.2) is 0 Å². The van der Waals surface area contributed by atoms with Gasteiger partial charge in [0.25, 0.3) is 0 Å². The van der Waals surface area contributed by atoms with Crippen molar-refractivity contribution in [3.8, 4) is 44.8 Å². The third-order valence-corrected chi connectivity index (χ3v) is 14.0. The van der Waals surface area contributed by atoms with Gasteiger partial charge in [0.1, 0.15) is 0 Å². The van der Waals surface area contributed by atoms with E-state index in [1.165, 1.54) is 132 Å². The van der Waals surface area contributed by atoms with Crippen LogP contribution in [0.25, 0.3) is 121 Å². The number of aromatic nitrogens is 2. The summed E-state index contributed by atoms with van der Waals surface area (Å²) < 4.78 is 4.90. The fraction of sp³-hybridized carbons (Fsp3) is 0.0164. The summed E-state index contributed by atoms with van der Waals surface area (Å²) in [6.45, 7) is 0. The zero-order chi connectivity index (χ0) is 41.2. The van der Waals surface area contributed by atoms with Crippen LogP contribution < -0.4 is 0 Å². The lowest BCUT2D eigenvalue weighted by molar-refractivity contribution is 1.12. The second-order valence-electron chi connectivity index (χ2n) is 17.2. The van der Waals surface area contributed by atoms with Crippen molar-refractivity contribution in [2.45, 2.75) is 6.42 Å². The second-order valence-corrected chi connectivity index (χ2v) is 17.2. The molecule has 0 bridgehead atoms. The van der Waals surface area contributed by atoms with E-state index in [1.807, 2.05) is 0 Å². The van der Waals surface area contributed by atoms with Crippen LogP contribution in [-0.2, 0) is 6.42 Å². The van der Waals surface area contributed by atoms with Gasteiger partial charge in [-0.2, -0.15) is 0 Å². The zero-order valence-electron chi connectivity index (χ0n) is 34.4. The summed E-state index contributed by atoms with van der Waals surface area (Å²) in [6.07, 6.45) is 0.871. The molecule has 0 unspecified atom stereocenters. The molecule has 2 nitrogen and oxygen atoms in total. The van der Waals surface area contributed by atoms with E-state index in [4.69, 9.17) is 0 Å². The molecule has 292 valence electrons. The van der Waals surface area contributed by atoms with Crippen LogP contribution in [0, 0.1) is 0 Å². The number of hydrogen-bond acceptors (Lipinski definition) is 0. The molecule has 2 heterocycles. The molecule has 0 fully saturated rings. The van der Waals surface area contributed by atoms with Gasteiger partial charge in [-0.15, -0.1) is 0 Å². The highest BCUT2D eigenvalue weighted by atomic mass is 15.0. The SMILES string of the molecule is c1ccc(-n2c3ccccc3c3cc(-c4ccc5c(c4)c4ccccc4n5-c4cccc5c4Cc4c(-c6ccc7c8ccccc8c8ccccc8c7c6)cccc4-5)ccc32)cc1. The van der Waals surface area contributed by atoms with E-state index in [9.17, 15) is 0 Å². The minimum atomic E-state index is 0.871. The standard InChI is InChI=1S/C61H38N2/c1-2-14-41(15-3-1)62-57-25-10-8-20-50(57)54-34-38(29-32-60(54)62)39-30-33-61-55(35-39)51-21-9-11-26-58(51)63(61)59-27-13-24-48-47-23-12-22-42(53(47)37-56(48)59)40-28-31-49-45-18-5-4-16-43(45)44-17-6-7-19-46(44)52(49)36-40/h1-36H,37H2. The Hall–Kier alpha value is -8.20. The summed E-state index contributed by atoms with van der Waals surface area (Å²) in [5, 5.41) is 12.9. The first-order valence-electron chi connectivity index (χ1n) is 22.0. The summed E-state index contributed by atoms with van der Waals surface area (Å²) in [6, 6.07) is 81.1. The molecule has 0 N–H and O–H groups in total. The zero-order valence-corrected chi connectivity index (χ0v) is 34.4. The molecule has 2 aromatic heterocycles. The molecule has 63 heavy (non-hydrogen) atoms. The molecule has 0 spiro atoms. The van der Waals surface area contributed by atoms with Crippen LogP contribution in [0.5, 0.6) is 0 Å². The van der Waals surface area contributed by atoms with Crippen molar-refractivity contribution < 1.29 is 0 Å². The van der Waals surface area contributed by atoms with Gasteiger partial charge in [-0.3, -0.25) is 0 Å². The normalized spacial score (nSPS) is 12.4.